The van der Waals surface area contributed by atoms with E-state index in [0.29, 0.717) is 13.2 Å². The van der Waals surface area contributed by atoms with Crippen LogP contribution in [0.5, 0.6) is 0 Å². The minimum Gasteiger partial charge on any atom is -0.369 e. The summed E-state index contributed by atoms with van der Waals surface area (Å²) in [7, 11) is 1.94. The van der Waals surface area contributed by atoms with Crippen molar-refractivity contribution in [2.24, 2.45) is 7.05 Å². The maximum Gasteiger partial charge on any atom is 0.163 e. The van der Waals surface area contributed by atoms with Crippen LogP contribution in [0.4, 0.5) is 0 Å². The minimum absolute atomic E-state index is 0.461. The molecule has 0 radical (unpaired) electrons. The van der Waals surface area contributed by atoms with Crippen molar-refractivity contribution in [3.63, 3.8) is 0 Å². The fourth-order valence-corrected chi connectivity index (χ4v) is 3.94. The summed E-state index contributed by atoms with van der Waals surface area (Å²) < 4.78 is 9.95. The van der Waals surface area contributed by atoms with Crippen LogP contribution in [-0.4, -0.2) is 24.5 Å². The normalized spacial score (nSPS) is 13.1. The molecule has 140 valence electrons. The summed E-state index contributed by atoms with van der Waals surface area (Å²) in [5.74, 6) is 1.72. The van der Waals surface area contributed by atoms with Crippen molar-refractivity contribution in [3.05, 3.63) is 83.2 Å². The van der Waals surface area contributed by atoms with E-state index in [0.717, 1.165) is 29.3 Å². The number of fused-ring (bicyclic) bond motifs is 3. The summed E-state index contributed by atoms with van der Waals surface area (Å²) in [4.78, 5) is 0. The Morgan fingerprint density at radius 3 is 2.68 bits per heavy atom. The van der Waals surface area contributed by atoms with Crippen molar-refractivity contribution >= 4 is 0 Å². The Morgan fingerprint density at radius 2 is 1.89 bits per heavy atom. The lowest BCUT2D eigenvalue weighted by atomic mass is 9.91. The van der Waals surface area contributed by atoms with E-state index in [1.165, 1.54) is 22.3 Å². The third-order valence-electron chi connectivity index (χ3n) is 5.26. The van der Waals surface area contributed by atoms with Crippen LogP contribution in [-0.2, 0) is 31.4 Å². The molecular formula is C22H21N5O. The average Bonchev–Trinajstić information content (AvgIpc) is 3.23. The van der Waals surface area contributed by atoms with E-state index in [4.69, 9.17) is 4.74 Å². The van der Waals surface area contributed by atoms with Gasteiger partial charge in [0.2, 0.25) is 0 Å². The zero-order valence-corrected chi connectivity index (χ0v) is 16.0. The summed E-state index contributed by atoms with van der Waals surface area (Å²) in [5.41, 5.74) is 7.12. The molecule has 5 rings (SSSR count). The smallest absolute Gasteiger partial charge is 0.163 e. The molecule has 0 aliphatic carbocycles. The molecule has 2 aromatic carbocycles. The Morgan fingerprint density at radius 1 is 1.04 bits per heavy atom. The lowest BCUT2D eigenvalue weighted by molar-refractivity contribution is 0.104. The molecule has 4 aromatic rings. The van der Waals surface area contributed by atoms with Gasteiger partial charge in [-0.3, -0.25) is 9.25 Å². The summed E-state index contributed by atoms with van der Waals surface area (Å²) in [5, 5.41) is 12.9. The second-order valence-electron chi connectivity index (χ2n) is 7.15. The number of hydrogen-bond donors (Lipinski definition) is 0. The van der Waals surface area contributed by atoms with Crippen molar-refractivity contribution in [1.29, 1.82) is 0 Å². The van der Waals surface area contributed by atoms with Crippen molar-refractivity contribution in [3.8, 4) is 16.8 Å². The average molecular weight is 371 g/mol. The van der Waals surface area contributed by atoms with Gasteiger partial charge in [-0.1, -0.05) is 36.4 Å². The summed E-state index contributed by atoms with van der Waals surface area (Å²) in [6.45, 7) is 2.99. The molecule has 0 saturated heterocycles. The van der Waals surface area contributed by atoms with Gasteiger partial charge in [0.05, 0.1) is 18.5 Å². The SMILES string of the molecule is Cc1nnc2n1-c1ccc(-c3cnn(C)c3)c(Cc3ccccc3)c1COC2. The maximum absolute atomic E-state index is 5.99. The third-order valence-corrected chi connectivity index (χ3v) is 5.26. The Bertz CT molecular complexity index is 1140. The van der Waals surface area contributed by atoms with Crippen molar-refractivity contribution < 1.29 is 4.74 Å². The first-order valence-electron chi connectivity index (χ1n) is 9.37. The topological polar surface area (TPSA) is 57.8 Å². The highest BCUT2D eigenvalue weighted by atomic mass is 16.5. The van der Waals surface area contributed by atoms with Gasteiger partial charge >= 0.3 is 0 Å². The first-order chi connectivity index (χ1) is 13.7. The van der Waals surface area contributed by atoms with Crippen LogP contribution in [0.3, 0.4) is 0 Å². The zero-order chi connectivity index (χ0) is 19.1. The number of benzene rings is 2. The standard InChI is InChI=1S/C22H21N5O/c1-15-24-25-22-14-28-13-20-19(10-16-6-4-3-5-7-16)18(8-9-21(20)27(15)22)17-11-23-26(2)12-17/h3-9,11-12H,10,13-14H2,1-2H3. The molecule has 0 unspecified atom stereocenters. The van der Waals surface area contributed by atoms with Crippen LogP contribution >= 0.6 is 0 Å². The molecule has 0 saturated carbocycles. The predicted molar refractivity (Wildman–Crippen MR) is 106 cm³/mol. The lowest BCUT2D eigenvalue weighted by Gasteiger charge is -2.18. The molecule has 2 aromatic heterocycles. The van der Waals surface area contributed by atoms with Gasteiger partial charge in [-0.25, -0.2) is 0 Å². The van der Waals surface area contributed by atoms with E-state index in [-0.39, 0.29) is 0 Å². The molecule has 6 nitrogen and oxygen atoms in total. The molecule has 0 bridgehead atoms. The Hall–Kier alpha value is -3.25. The van der Waals surface area contributed by atoms with E-state index in [2.05, 4.69) is 62.5 Å². The lowest BCUT2D eigenvalue weighted by Crippen LogP contribution is -2.07. The number of aryl methyl sites for hydroxylation is 2. The second-order valence-corrected chi connectivity index (χ2v) is 7.15. The fraction of sp³-hybridized carbons (Fsp3) is 0.227. The quantitative estimate of drug-likeness (QED) is 0.552. The summed E-state index contributed by atoms with van der Waals surface area (Å²) >= 11 is 0. The van der Waals surface area contributed by atoms with Crippen LogP contribution in [0, 0.1) is 6.92 Å². The van der Waals surface area contributed by atoms with Gasteiger partial charge in [0, 0.05) is 24.4 Å². The van der Waals surface area contributed by atoms with Crippen LogP contribution in [0.25, 0.3) is 16.8 Å². The molecule has 0 amide bonds. The van der Waals surface area contributed by atoms with Crippen LogP contribution in [0.15, 0.2) is 54.9 Å². The van der Waals surface area contributed by atoms with E-state index in [1.807, 2.05) is 30.9 Å². The van der Waals surface area contributed by atoms with Gasteiger partial charge in [0.25, 0.3) is 0 Å². The third kappa shape index (κ3) is 2.82. The van der Waals surface area contributed by atoms with Crippen LogP contribution in [0.1, 0.15) is 28.3 Å². The summed E-state index contributed by atoms with van der Waals surface area (Å²) in [6.07, 6.45) is 4.81. The highest BCUT2D eigenvalue weighted by Gasteiger charge is 2.23. The number of ether oxygens (including phenoxy) is 1. The van der Waals surface area contributed by atoms with Crippen molar-refractivity contribution in [2.75, 3.05) is 0 Å². The van der Waals surface area contributed by atoms with Crippen molar-refractivity contribution in [1.82, 2.24) is 24.5 Å². The Balaban J connectivity index is 1.74. The number of nitrogens with zero attached hydrogens (tertiary/aromatic N) is 5. The molecule has 1 aliphatic heterocycles. The van der Waals surface area contributed by atoms with Gasteiger partial charge in [0.15, 0.2) is 5.82 Å². The fourth-order valence-electron chi connectivity index (χ4n) is 3.94. The molecule has 0 spiro atoms. The molecule has 0 N–H and O–H groups in total. The molecular weight excluding hydrogens is 350 g/mol. The summed E-state index contributed by atoms with van der Waals surface area (Å²) in [6, 6.07) is 14.9. The minimum atomic E-state index is 0.461. The van der Waals surface area contributed by atoms with Gasteiger partial charge in [-0.05, 0) is 36.1 Å². The van der Waals surface area contributed by atoms with E-state index in [9.17, 15) is 0 Å². The van der Waals surface area contributed by atoms with Gasteiger partial charge in [-0.15, -0.1) is 10.2 Å². The monoisotopic (exact) mass is 371 g/mol. The Labute approximate surface area is 163 Å². The van der Waals surface area contributed by atoms with Gasteiger partial charge < -0.3 is 4.74 Å². The molecule has 0 atom stereocenters. The maximum atomic E-state index is 5.99. The molecule has 0 fully saturated rings. The van der Waals surface area contributed by atoms with E-state index in [1.54, 1.807) is 0 Å². The van der Waals surface area contributed by atoms with Crippen LogP contribution < -0.4 is 0 Å². The Kier molecular flexibility index (Phi) is 4.06. The van der Waals surface area contributed by atoms with E-state index >= 15 is 0 Å². The predicted octanol–water partition coefficient (Wildman–Crippen LogP) is 3.60. The van der Waals surface area contributed by atoms with Gasteiger partial charge in [-0.2, -0.15) is 5.10 Å². The number of aromatic nitrogens is 5. The molecule has 3 heterocycles. The van der Waals surface area contributed by atoms with Gasteiger partial charge in [0.1, 0.15) is 12.4 Å². The second kappa shape index (κ2) is 6.73. The number of rotatable bonds is 3. The van der Waals surface area contributed by atoms with Crippen LogP contribution in [0.2, 0.25) is 0 Å². The molecule has 28 heavy (non-hydrogen) atoms. The van der Waals surface area contributed by atoms with E-state index < -0.39 is 0 Å². The number of hydrogen-bond acceptors (Lipinski definition) is 4. The first kappa shape index (κ1) is 16.9. The largest absolute Gasteiger partial charge is 0.369 e. The highest BCUT2D eigenvalue weighted by Crippen LogP contribution is 2.34. The molecule has 6 heteroatoms. The first-order valence-corrected chi connectivity index (χ1v) is 9.37. The highest BCUT2D eigenvalue weighted by molar-refractivity contribution is 5.71. The zero-order valence-electron chi connectivity index (χ0n) is 16.0. The van der Waals surface area contributed by atoms with Crippen molar-refractivity contribution in [2.45, 2.75) is 26.6 Å². The molecule has 1 aliphatic rings.